The first kappa shape index (κ1) is 12.6. The van der Waals surface area contributed by atoms with Crippen molar-refractivity contribution in [2.24, 2.45) is 5.73 Å². The first-order chi connectivity index (χ1) is 7.13. The van der Waals surface area contributed by atoms with E-state index in [1.165, 1.54) is 4.88 Å². The van der Waals surface area contributed by atoms with E-state index in [4.69, 9.17) is 5.73 Å². The van der Waals surface area contributed by atoms with Gasteiger partial charge >= 0.3 is 0 Å². The number of hydrogen-bond acceptors (Lipinski definition) is 4. The summed E-state index contributed by atoms with van der Waals surface area (Å²) >= 11 is 1.78. The van der Waals surface area contributed by atoms with Crippen LogP contribution in [-0.4, -0.2) is 42.3 Å². The van der Waals surface area contributed by atoms with E-state index in [0.717, 1.165) is 6.42 Å². The average molecular weight is 228 g/mol. The summed E-state index contributed by atoms with van der Waals surface area (Å²) in [7, 11) is 2.02. The van der Waals surface area contributed by atoms with Gasteiger partial charge in [-0.25, -0.2) is 0 Å². The number of nitrogens with zero attached hydrogens (tertiary/aromatic N) is 1. The van der Waals surface area contributed by atoms with Gasteiger partial charge in [0.1, 0.15) is 0 Å². The van der Waals surface area contributed by atoms with Crippen molar-refractivity contribution in [1.29, 1.82) is 0 Å². The minimum absolute atomic E-state index is 0.329. The van der Waals surface area contributed by atoms with Crippen molar-refractivity contribution in [3.05, 3.63) is 22.4 Å². The molecule has 1 rings (SSSR count). The molecule has 4 heteroatoms. The van der Waals surface area contributed by atoms with Crippen LogP contribution in [0.1, 0.15) is 11.8 Å². The van der Waals surface area contributed by atoms with Gasteiger partial charge in [0, 0.05) is 24.0 Å². The zero-order valence-electron chi connectivity index (χ0n) is 9.39. The average Bonchev–Trinajstić information content (AvgIpc) is 2.70. The second-order valence-electron chi connectivity index (χ2n) is 3.96. The minimum atomic E-state index is -0.416. The number of likely N-dealkylation sites (N-methyl/N-ethyl adjacent to an activating group) is 1. The van der Waals surface area contributed by atoms with Gasteiger partial charge < -0.3 is 15.7 Å². The number of aliphatic hydroxyl groups is 1. The van der Waals surface area contributed by atoms with Gasteiger partial charge in [0.25, 0.3) is 0 Å². The van der Waals surface area contributed by atoms with Gasteiger partial charge in [0.15, 0.2) is 0 Å². The molecule has 2 atom stereocenters. The van der Waals surface area contributed by atoms with E-state index in [1.807, 2.05) is 7.05 Å². The van der Waals surface area contributed by atoms with Gasteiger partial charge in [0.05, 0.1) is 6.10 Å². The Hall–Kier alpha value is -0.420. The summed E-state index contributed by atoms with van der Waals surface area (Å²) in [5, 5.41) is 11.5. The third kappa shape index (κ3) is 4.30. The lowest BCUT2D eigenvalue weighted by molar-refractivity contribution is 0.114. The molecule has 0 aliphatic carbocycles. The van der Waals surface area contributed by atoms with Crippen molar-refractivity contribution in [3.63, 3.8) is 0 Å². The van der Waals surface area contributed by atoms with Crippen molar-refractivity contribution in [2.75, 3.05) is 20.1 Å². The Kier molecular flexibility index (Phi) is 5.25. The summed E-state index contributed by atoms with van der Waals surface area (Å²) < 4.78 is 0. The second-order valence-corrected chi connectivity index (χ2v) is 4.99. The minimum Gasteiger partial charge on any atom is -0.390 e. The van der Waals surface area contributed by atoms with E-state index in [9.17, 15) is 5.11 Å². The monoisotopic (exact) mass is 228 g/mol. The normalized spacial score (nSPS) is 15.5. The van der Waals surface area contributed by atoms with Gasteiger partial charge in [-0.2, -0.15) is 0 Å². The van der Waals surface area contributed by atoms with E-state index < -0.39 is 6.10 Å². The van der Waals surface area contributed by atoms with Crippen LogP contribution in [0.4, 0.5) is 0 Å². The molecule has 0 aliphatic heterocycles. The number of thiophene rings is 1. The maximum absolute atomic E-state index is 9.44. The van der Waals surface area contributed by atoms with Crippen molar-refractivity contribution in [3.8, 4) is 0 Å². The number of aliphatic hydroxyl groups excluding tert-OH is 1. The van der Waals surface area contributed by atoms with Crippen LogP contribution in [0.2, 0.25) is 0 Å². The van der Waals surface area contributed by atoms with E-state index in [0.29, 0.717) is 19.1 Å². The van der Waals surface area contributed by atoms with Crippen LogP contribution in [0.5, 0.6) is 0 Å². The largest absolute Gasteiger partial charge is 0.390 e. The molecule has 86 valence electrons. The highest BCUT2D eigenvalue weighted by Crippen LogP contribution is 2.13. The van der Waals surface area contributed by atoms with E-state index >= 15 is 0 Å². The Bertz CT molecular complexity index is 264. The van der Waals surface area contributed by atoms with Gasteiger partial charge in [-0.05, 0) is 31.8 Å². The van der Waals surface area contributed by atoms with E-state index in [-0.39, 0.29) is 0 Å². The summed E-state index contributed by atoms with van der Waals surface area (Å²) in [4.78, 5) is 3.54. The van der Waals surface area contributed by atoms with Crippen LogP contribution in [0.15, 0.2) is 17.5 Å². The van der Waals surface area contributed by atoms with Crippen LogP contribution >= 0.6 is 11.3 Å². The van der Waals surface area contributed by atoms with Gasteiger partial charge in [-0.15, -0.1) is 11.3 Å². The van der Waals surface area contributed by atoms with Crippen molar-refractivity contribution < 1.29 is 5.11 Å². The highest BCUT2D eigenvalue weighted by molar-refractivity contribution is 7.09. The zero-order chi connectivity index (χ0) is 11.3. The third-order valence-corrected chi connectivity index (χ3v) is 3.50. The molecule has 1 aromatic rings. The quantitative estimate of drug-likeness (QED) is 0.761. The molecule has 3 nitrogen and oxygen atoms in total. The van der Waals surface area contributed by atoms with Gasteiger partial charge in [-0.1, -0.05) is 6.07 Å². The summed E-state index contributed by atoms with van der Waals surface area (Å²) in [5.41, 5.74) is 5.38. The number of rotatable bonds is 6. The Balaban J connectivity index is 2.36. The van der Waals surface area contributed by atoms with Crippen LogP contribution in [0.3, 0.4) is 0 Å². The molecule has 0 aromatic carbocycles. The Morgan fingerprint density at radius 3 is 2.87 bits per heavy atom. The second kappa shape index (κ2) is 6.23. The molecule has 0 saturated carbocycles. The van der Waals surface area contributed by atoms with Crippen LogP contribution in [0.25, 0.3) is 0 Å². The number of hydrogen-bond donors (Lipinski definition) is 2. The number of nitrogens with two attached hydrogens (primary N) is 1. The molecule has 0 bridgehead atoms. The fraction of sp³-hybridized carbons (Fsp3) is 0.636. The van der Waals surface area contributed by atoms with Crippen LogP contribution < -0.4 is 5.73 Å². The highest BCUT2D eigenvalue weighted by atomic mass is 32.1. The first-order valence-electron chi connectivity index (χ1n) is 5.24. The summed E-state index contributed by atoms with van der Waals surface area (Å²) in [5.74, 6) is 0. The lowest BCUT2D eigenvalue weighted by Gasteiger charge is -2.26. The predicted octanol–water partition coefficient (Wildman–Crippen LogP) is 0.930. The fourth-order valence-electron chi connectivity index (χ4n) is 1.46. The molecule has 1 heterocycles. The molecule has 2 unspecified atom stereocenters. The zero-order valence-corrected chi connectivity index (χ0v) is 10.2. The first-order valence-corrected chi connectivity index (χ1v) is 6.12. The SMILES string of the molecule is CC(Cc1cccs1)N(C)CC(O)CN. The molecular weight excluding hydrogens is 208 g/mol. The summed E-state index contributed by atoms with van der Waals surface area (Å²) in [6, 6.07) is 4.65. The molecule has 0 saturated heterocycles. The lowest BCUT2D eigenvalue weighted by Crippen LogP contribution is -2.39. The van der Waals surface area contributed by atoms with Crippen molar-refractivity contribution in [2.45, 2.75) is 25.5 Å². The Morgan fingerprint density at radius 2 is 2.33 bits per heavy atom. The standard InChI is InChI=1S/C11H20N2OS/c1-9(6-11-4-3-5-15-11)13(2)8-10(14)7-12/h3-5,9-10,14H,6-8,12H2,1-2H3. The third-order valence-electron chi connectivity index (χ3n) is 2.60. The van der Waals surface area contributed by atoms with Crippen LogP contribution in [-0.2, 0) is 6.42 Å². The molecule has 1 aromatic heterocycles. The molecular formula is C11H20N2OS. The molecule has 3 N–H and O–H groups in total. The van der Waals surface area contributed by atoms with Crippen molar-refractivity contribution in [1.82, 2.24) is 4.90 Å². The topological polar surface area (TPSA) is 49.5 Å². The molecule has 0 spiro atoms. The van der Waals surface area contributed by atoms with E-state index in [1.54, 1.807) is 11.3 Å². The molecule has 15 heavy (non-hydrogen) atoms. The summed E-state index contributed by atoms with van der Waals surface area (Å²) in [6.45, 7) is 3.14. The summed E-state index contributed by atoms with van der Waals surface area (Å²) in [6.07, 6.45) is 0.617. The fourth-order valence-corrected chi connectivity index (χ4v) is 2.29. The van der Waals surface area contributed by atoms with Gasteiger partial charge in [-0.3, -0.25) is 0 Å². The highest BCUT2D eigenvalue weighted by Gasteiger charge is 2.13. The van der Waals surface area contributed by atoms with Crippen molar-refractivity contribution >= 4 is 11.3 Å². The van der Waals surface area contributed by atoms with E-state index in [2.05, 4.69) is 29.3 Å². The van der Waals surface area contributed by atoms with Gasteiger partial charge in [0.2, 0.25) is 0 Å². The molecule has 0 fully saturated rings. The maximum atomic E-state index is 9.44. The predicted molar refractivity (Wildman–Crippen MR) is 65.2 cm³/mol. The molecule has 0 radical (unpaired) electrons. The molecule has 0 aliphatic rings. The van der Waals surface area contributed by atoms with Crippen LogP contribution in [0, 0.1) is 0 Å². The smallest absolute Gasteiger partial charge is 0.0789 e. The Morgan fingerprint density at radius 1 is 1.60 bits per heavy atom. The lowest BCUT2D eigenvalue weighted by atomic mass is 10.1. The maximum Gasteiger partial charge on any atom is 0.0789 e. The Labute approximate surface area is 95.5 Å². The molecule has 0 amide bonds.